The molecule has 8 nitrogen and oxygen atoms in total. The Balaban J connectivity index is 1.66. The lowest BCUT2D eigenvalue weighted by atomic mass is 10.1. The molecule has 2 heterocycles. The minimum Gasteiger partial charge on any atom is -0.497 e. The quantitative estimate of drug-likeness (QED) is 0.273. The van der Waals surface area contributed by atoms with Crippen molar-refractivity contribution in [3.05, 3.63) is 73.7 Å². The summed E-state index contributed by atoms with van der Waals surface area (Å²) in [5.41, 5.74) is 1.43. The van der Waals surface area contributed by atoms with Gasteiger partial charge >= 0.3 is 5.97 Å². The van der Waals surface area contributed by atoms with Crippen molar-refractivity contribution in [2.24, 2.45) is 0 Å². The molecule has 1 amide bonds. The van der Waals surface area contributed by atoms with Crippen molar-refractivity contribution in [2.75, 3.05) is 25.6 Å². The molecular weight excluding hydrogens is 518 g/mol. The number of benzene rings is 2. The maximum Gasteiger partial charge on any atom is 0.341 e. The van der Waals surface area contributed by atoms with Gasteiger partial charge in [-0.05, 0) is 68.8 Å². The number of carbonyl (C=O) groups excluding carboxylic acids is 2. The molecule has 0 aliphatic carbocycles. The molecule has 1 N–H and O–H groups in total. The normalized spacial score (nSPS) is 10.8. The van der Waals surface area contributed by atoms with Gasteiger partial charge in [-0.15, -0.1) is 11.3 Å². The lowest BCUT2D eigenvalue weighted by molar-refractivity contribution is -0.118. The van der Waals surface area contributed by atoms with Gasteiger partial charge in [0, 0.05) is 15.5 Å². The third-order valence-corrected chi connectivity index (χ3v) is 6.99. The van der Waals surface area contributed by atoms with Gasteiger partial charge in [0.05, 0.1) is 24.7 Å². The predicted molar refractivity (Wildman–Crippen MR) is 143 cm³/mol. The first kappa shape index (κ1) is 26.2. The van der Waals surface area contributed by atoms with Crippen LogP contribution in [0.2, 0.25) is 5.02 Å². The molecule has 4 rings (SSSR count). The van der Waals surface area contributed by atoms with Gasteiger partial charge < -0.3 is 23.9 Å². The van der Waals surface area contributed by atoms with Gasteiger partial charge in [-0.25, -0.2) is 4.79 Å². The largest absolute Gasteiger partial charge is 0.497 e. The molecule has 0 spiro atoms. The minimum absolute atomic E-state index is 0.140. The van der Waals surface area contributed by atoms with Crippen LogP contribution < -0.4 is 20.2 Å². The number of methoxy groups -OCH3 is 1. The number of amides is 1. The van der Waals surface area contributed by atoms with E-state index in [2.05, 4.69) is 5.32 Å². The van der Waals surface area contributed by atoms with Crippen molar-refractivity contribution in [3.63, 3.8) is 0 Å². The fourth-order valence-electron chi connectivity index (χ4n) is 3.68. The molecule has 2 aromatic carbocycles. The average Bonchev–Trinajstić information content (AvgIpc) is 3.16. The van der Waals surface area contributed by atoms with E-state index in [0.29, 0.717) is 32.5 Å². The fraction of sp³-hybridized carbons (Fsp3) is 0.222. The Kier molecular flexibility index (Phi) is 7.85. The van der Waals surface area contributed by atoms with Crippen LogP contribution in [0.5, 0.6) is 11.5 Å². The average molecular weight is 542 g/mol. The SMILES string of the molecule is CCOC(=O)c1c(NC(=O)COc2c(-c3ccc(OC)cc3)oc3ccc(Cl)cc3c2=O)sc(C)c1C. The molecular formula is C27H24ClNO7S. The molecule has 0 aliphatic heterocycles. The molecule has 0 radical (unpaired) electrons. The van der Waals surface area contributed by atoms with Crippen LogP contribution in [0.3, 0.4) is 0 Å². The van der Waals surface area contributed by atoms with Crippen LogP contribution in [-0.4, -0.2) is 32.2 Å². The van der Waals surface area contributed by atoms with Crippen molar-refractivity contribution in [2.45, 2.75) is 20.8 Å². The number of nitrogens with one attached hydrogen (secondary N) is 1. The number of carbonyl (C=O) groups is 2. The second kappa shape index (κ2) is 11.1. The van der Waals surface area contributed by atoms with E-state index in [9.17, 15) is 14.4 Å². The molecule has 4 aromatic rings. The topological polar surface area (TPSA) is 104 Å². The number of esters is 1. The van der Waals surface area contributed by atoms with Gasteiger partial charge in [-0.1, -0.05) is 11.6 Å². The van der Waals surface area contributed by atoms with E-state index in [4.69, 9.17) is 30.2 Å². The highest BCUT2D eigenvalue weighted by Gasteiger charge is 2.23. The second-order valence-corrected chi connectivity index (χ2v) is 9.66. The number of anilines is 1. The smallest absolute Gasteiger partial charge is 0.341 e. The van der Waals surface area contributed by atoms with Gasteiger partial charge in [-0.3, -0.25) is 9.59 Å². The Morgan fingerprint density at radius 1 is 1.11 bits per heavy atom. The van der Waals surface area contributed by atoms with Crippen LogP contribution in [0.15, 0.2) is 51.7 Å². The number of fused-ring (bicyclic) bond motifs is 1. The summed E-state index contributed by atoms with van der Waals surface area (Å²) in [6.07, 6.45) is 0. The maximum atomic E-state index is 13.4. The van der Waals surface area contributed by atoms with Gasteiger partial charge in [0.25, 0.3) is 5.91 Å². The first-order valence-corrected chi connectivity index (χ1v) is 12.5. The molecule has 2 aromatic heterocycles. The molecule has 37 heavy (non-hydrogen) atoms. The summed E-state index contributed by atoms with van der Waals surface area (Å²) in [5.74, 6) is -0.434. The molecule has 0 saturated heterocycles. The highest BCUT2D eigenvalue weighted by molar-refractivity contribution is 7.16. The summed E-state index contributed by atoms with van der Waals surface area (Å²) in [6.45, 7) is 5.05. The van der Waals surface area contributed by atoms with Crippen molar-refractivity contribution < 1.29 is 28.2 Å². The summed E-state index contributed by atoms with van der Waals surface area (Å²) >= 11 is 7.35. The van der Waals surface area contributed by atoms with Gasteiger partial charge in [0.15, 0.2) is 12.4 Å². The van der Waals surface area contributed by atoms with Crippen LogP contribution in [-0.2, 0) is 9.53 Å². The number of aryl methyl sites for hydroxylation is 1. The van der Waals surface area contributed by atoms with E-state index < -0.39 is 23.9 Å². The Morgan fingerprint density at radius 2 is 1.84 bits per heavy atom. The number of hydrogen-bond acceptors (Lipinski definition) is 8. The highest BCUT2D eigenvalue weighted by Crippen LogP contribution is 2.34. The lowest BCUT2D eigenvalue weighted by Crippen LogP contribution is -2.23. The van der Waals surface area contributed by atoms with Crippen molar-refractivity contribution in [3.8, 4) is 22.8 Å². The Labute approximate surface area is 221 Å². The Morgan fingerprint density at radius 3 is 2.51 bits per heavy atom. The minimum atomic E-state index is -0.557. The first-order chi connectivity index (χ1) is 17.7. The predicted octanol–water partition coefficient (Wildman–Crippen LogP) is 5.99. The maximum absolute atomic E-state index is 13.4. The number of hydrogen-bond donors (Lipinski definition) is 1. The molecule has 0 atom stereocenters. The van der Waals surface area contributed by atoms with E-state index in [0.717, 1.165) is 10.4 Å². The Bertz CT molecular complexity index is 1540. The fourth-order valence-corrected chi connectivity index (χ4v) is 4.92. The first-order valence-electron chi connectivity index (χ1n) is 11.3. The van der Waals surface area contributed by atoms with E-state index in [1.165, 1.54) is 17.4 Å². The molecule has 0 fully saturated rings. The van der Waals surface area contributed by atoms with Gasteiger partial charge in [-0.2, -0.15) is 0 Å². The standard InChI is InChI=1S/C27H24ClNO7S/c1-5-34-27(32)22-14(2)15(3)37-26(22)29-21(30)13-35-25-23(31)19-12-17(28)8-11-20(19)36-24(25)16-6-9-18(33-4)10-7-16/h6-12H,5,13H2,1-4H3,(H,29,30). The molecule has 192 valence electrons. The zero-order chi connectivity index (χ0) is 26.7. The van der Waals surface area contributed by atoms with E-state index in [1.54, 1.807) is 57.4 Å². The number of ether oxygens (including phenoxy) is 3. The highest BCUT2D eigenvalue weighted by atomic mass is 35.5. The zero-order valence-corrected chi connectivity index (χ0v) is 22.2. The summed E-state index contributed by atoms with van der Waals surface area (Å²) in [5, 5.41) is 3.64. The van der Waals surface area contributed by atoms with E-state index in [-0.39, 0.29) is 23.5 Å². The van der Waals surface area contributed by atoms with Gasteiger partial charge in [0.2, 0.25) is 11.2 Å². The van der Waals surface area contributed by atoms with Crippen LogP contribution in [0.25, 0.3) is 22.3 Å². The summed E-state index contributed by atoms with van der Waals surface area (Å²) in [6, 6.07) is 11.6. The number of halogens is 1. The second-order valence-electron chi connectivity index (χ2n) is 8.00. The number of thiophene rings is 1. The van der Waals surface area contributed by atoms with Crippen molar-refractivity contribution in [1.82, 2.24) is 0 Å². The summed E-state index contributed by atoms with van der Waals surface area (Å²) < 4.78 is 22.1. The lowest BCUT2D eigenvalue weighted by Gasteiger charge is -2.12. The van der Waals surface area contributed by atoms with Crippen LogP contribution >= 0.6 is 22.9 Å². The van der Waals surface area contributed by atoms with E-state index >= 15 is 0 Å². The van der Waals surface area contributed by atoms with Crippen LogP contribution in [0.1, 0.15) is 27.7 Å². The molecule has 0 saturated carbocycles. The third kappa shape index (κ3) is 5.47. The molecule has 0 aliphatic rings. The van der Waals surface area contributed by atoms with Crippen LogP contribution in [0, 0.1) is 13.8 Å². The molecule has 0 bridgehead atoms. The van der Waals surface area contributed by atoms with Crippen molar-refractivity contribution >= 4 is 50.8 Å². The van der Waals surface area contributed by atoms with Gasteiger partial charge in [0.1, 0.15) is 16.3 Å². The summed E-state index contributed by atoms with van der Waals surface area (Å²) in [4.78, 5) is 39.5. The van der Waals surface area contributed by atoms with Crippen molar-refractivity contribution in [1.29, 1.82) is 0 Å². The van der Waals surface area contributed by atoms with E-state index in [1.807, 2.05) is 6.92 Å². The molecule has 10 heteroatoms. The Hall–Kier alpha value is -3.82. The molecule has 0 unspecified atom stereocenters. The third-order valence-electron chi connectivity index (χ3n) is 5.63. The summed E-state index contributed by atoms with van der Waals surface area (Å²) in [7, 11) is 1.55. The van der Waals surface area contributed by atoms with Crippen LogP contribution in [0.4, 0.5) is 5.00 Å². The zero-order valence-electron chi connectivity index (χ0n) is 20.6. The number of rotatable bonds is 8. The monoisotopic (exact) mass is 541 g/mol.